The van der Waals surface area contributed by atoms with Crippen molar-refractivity contribution >= 4 is 11.6 Å². The average Bonchev–Trinajstić information content (AvgIpc) is 2.62. The minimum atomic E-state index is -0.00648. The number of rotatable bonds is 6. The van der Waals surface area contributed by atoms with Crippen LogP contribution in [-0.2, 0) is 7.05 Å². The molecule has 1 rings (SSSR count). The van der Waals surface area contributed by atoms with Gasteiger partial charge < -0.3 is 10.6 Å². The van der Waals surface area contributed by atoms with E-state index in [2.05, 4.69) is 32.8 Å². The molecule has 1 amide bonds. The first kappa shape index (κ1) is 16.5. The molecule has 1 heterocycles. The van der Waals surface area contributed by atoms with Gasteiger partial charge in [0.2, 0.25) is 0 Å². The fraction of sp³-hybridized carbons (Fsp3) is 0.733. The molecule has 0 aromatic carbocycles. The van der Waals surface area contributed by atoms with Gasteiger partial charge in [-0.15, -0.1) is 0 Å². The Hall–Kier alpha value is -1.52. The maximum atomic E-state index is 12.9. The maximum absolute atomic E-state index is 12.9. The summed E-state index contributed by atoms with van der Waals surface area (Å²) in [5.74, 6) is 0.420. The molecule has 20 heavy (non-hydrogen) atoms. The first-order valence-corrected chi connectivity index (χ1v) is 7.43. The first-order chi connectivity index (χ1) is 9.33. The van der Waals surface area contributed by atoms with Gasteiger partial charge in [-0.25, -0.2) is 0 Å². The Balaban J connectivity index is 3.15. The van der Waals surface area contributed by atoms with Crippen LogP contribution in [0.5, 0.6) is 0 Å². The zero-order valence-corrected chi connectivity index (χ0v) is 13.6. The van der Waals surface area contributed by atoms with Crippen molar-refractivity contribution in [2.75, 3.05) is 12.3 Å². The topological polar surface area (TPSA) is 64.2 Å². The van der Waals surface area contributed by atoms with Gasteiger partial charge in [-0.3, -0.25) is 9.48 Å². The number of nitrogens with two attached hydrogens (primary N) is 1. The molecule has 0 bridgehead atoms. The van der Waals surface area contributed by atoms with Crippen LogP contribution in [0.4, 0.5) is 5.69 Å². The lowest BCUT2D eigenvalue weighted by molar-refractivity contribution is 0.0630. The van der Waals surface area contributed by atoms with Gasteiger partial charge in [-0.2, -0.15) is 5.10 Å². The van der Waals surface area contributed by atoms with E-state index in [1.54, 1.807) is 11.7 Å². The van der Waals surface area contributed by atoms with Gasteiger partial charge in [0.15, 0.2) is 0 Å². The van der Waals surface area contributed by atoms with Crippen LogP contribution in [0.2, 0.25) is 0 Å². The largest absolute Gasteiger partial charge is 0.395 e. The van der Waals surface area contributed by atoms with Gasteiger partial charge in [0.25, 0.3) is 5.91 Å². The molecule has 5 nitrogen and oxygen atoms in total. The summed E-state index contributed by atoms with van der Waals surface area (Å²) >= 11 is 0. The molecule has 0 saturated carbocycles. The standard InChI is InChI=1S/C15H28N4O/c1-7-12(8-2)19(9-10(3)4)15(20)14-13(16)11(5)17-18(14)6/h10,12H,7-9,16H2,1-6H3. The van der Waals surface area contributed by atoms with Gasteiger partial charge >= 0.3 is 0 Å². The van der Waals surface area contributed by atoms with Gasteiger partial charge in [0, 0.05) is 19.6 Å². The number of carbonyl (C=O) groups is 1. The second-order valence-electron chi connectivity index (χ2n) is 5.79. The van der Waals surface area contributed by atoms with Crippen LogP contribution in [0.3, 0.4) is 0 Å². The van der Waals surface area contributed by atoms with E-state index in [-0.39, 0.29) is 11.9 Å². The zero-order chi connectivity index (χ0) is 15.4. The Labute approximate surface area is 122 Å². The number of anilines is 1. The average molecular weight is 280 g/mol. The van der Waals surface area contributed by atoms with Crippen molar-refractivity contribution in [3.63, 3.8) is 0 Å². The molecular weight excluding hydrogens is 252 g/mol. The number of aromatic nitrogens is 2. The second-order valence-corrected chi connectivity index (χ2v) is 5.79. The van der Waals surface area contributed by atoms with Gasteiger partial charge in [0.1, 0.15) is 5.69 Å². The lowest BCUT2D eigenvalue weighted by Crippen LogP contribution is -2.43. The lowest BCUT2D eigenvalue weighted by Gasteiger charge is -2.32. The van der Waals surface area contributed by atoms with Crippen molar-refractivity contribution in [3.8, 4) is 0 Å². The van der Waals surface area contributed by atoms with E-state index in [1.165, 1.54) is 0 Å². The highest BCUT2D eigenvalue weighted by Crippen LogP contribution is 2.21. The molecule has 0 atom stereocenters. The number of hydrogen-bond acceptors (Lipinski definition) is 3. The third kappa shape index (κ3) is 3.32. The highest BCUT2D eigenvalue weighted by molar-refractivity contribution is 5.98. The van der Waals surface area contributed by atoms with Crippen LogP contribution in [-0.4, -0.2) is 33.2 Å². The Bertz CT molecular complexity index is 461. The predicted molar refractivity (Wildman–Crippen MR) is 82.6 cm³/mol. The van der Waals surface area contributed by atoms with Crippen molar-refractivity contribution in [1.29, 1.82) is 0 Å². The molecule has 114 valence electrons. The van der Waals surface area contributed by atoms with E-state index in [0.717, 1.165) is 19.4 Å². The normalized spacial score (nSPS) is 11.4. The fourth-order valence-electron chi connectivity index (χ4n) is 2.58. The summed E-state index contributed by atoms with van der Waals surface area (Å²) in [7, 11) is 1.77. The smallest absolute Gasteiger partial charge is 0.274 e. The fourth-order valence-corrected chi connectivity index (χ4v) is 2.58. The Kier molecular flexibility index (Phi) is 5.60. The number of carbonyl (C=O) groups excluding carboxylic acids is 1. The molecule has 0 fully saturated rings. The van der Waals surface area contributed by atoms with Crippen LogP contribution in [0, 0.1) is 12.8 Å². The summed E-state index contributed by atoms with van der Waals surface area (Å²) in [5.41, 5.74) is 7.74. The number of amides is 1. The summed E-state index contributed by atoms with van der Waals surface area (Å²) in [6, 6.07) is 0.250. The zero-order valence-electron chi connectivity index (χ0n) is 13.6. The molecule has 2 N–H and O–H groups in total. The SMILES string of the molecule is CCC(CC)N(CC(C)C)C(=O)c1c(N)c(C)nn1C. The lowest BCUT2D eigenvalue weighted by atomic mass is 10.1. The maximum Gasteiger partial charge on any atom is 0.274 e. The Morgan fingerprint density at radius 3 is 2.25 bits per heavy atom. The summed E-state index contributed by atoms with van der Waals surface area (Å²) in [5, 5.41) is 4.25. The first-order valence-electron chi connectivity index (χ1n) is 7.43. The summed E-state index contributed by atoms with van der Waals surface area (Å²) < 4.78 is 1.60. The Morgan fingerprint density at radius 1 is 1.35 bits per heavy atom. The molecule has 0 radical (unpaired) electrons. The van der Waals surface area contributed by atoms with E-state index in [4.69, 9.17) is 5.73 Å². The summed E-state index contributed by atoms with van der Waals surface area (Å²) in [6.45, 7) is 11.1. The van der Waals surface area contributed by atoms with Crippen molar-refractivity contribution in [2.45, 2.75) is 53.5 Å². The monoisotopic (exact) mass is 280 g/mol. The van der Waals surface area contributed by atoms with Crippen molar-refractivity contribution in [3.05, 3.63) is 11.4 Å². The van der Waals surface area contributed by atoms with Crippen molar-refractivity contribution in [2.24, 2.45) is 13.0 Å². The highest BCUT2D eigenvalue weighted by Gasteiger charge is 2.28. The van der Waals surface area contributed by atoms with Crippen LogP contribution in [0.25, 0.3) is 0 Å². The van der Waals surface area contributed by atoms with Crippen molar-refractivity contribution in [1.82, 2.24) is 14.7 Å². The van der Waals surface area contributed by atoms with Gasteiger partial charge in [-0.05, 0) is 25.7 Å². The molecule has 0 aliphatic carbocycles. The second kappa shape index (κ2) is 6.77. The van der Waals surface area contributed by atoms with Crippen LogP contribution < -0.4 is 5.73 Å². The minimum absolute atomic E-state index is 0.00648. The molecule has 1 aromatic rings. The van der Waals surface area contributed by atoms with E-state index >= 15 is 0 Å². The van der Waals surface area contributed by atoms with E-state index in [1.807, 2.05) is 11.8 Å². The summed E-state index contributed by atoms with van der Waals surface area (Å²) in [4.78, 5) is 14.8. The molecule has 5 heteroatoms. The molecular formula is C15H28N4O. The molecule has 1 aromatic heterocycles. The summed E-state index contributed by atoms with van der Waals surface area (Å²) in [6.07, 6.45) is 1.90. The van der Waals surface area contributed by atoms with E-state index < -0.39 is 0 Å². The minimum Gasteiger partial charge on any atom is -0.395 e. The quantitative estimate of drug-likeness (QED) is 0.871. The number of nitrogen functional groups attached to an aromatic ring is 1. The molecule has 0 unspecified atom stereocenters. The van der Waals surface area contributed by atoms with Gasteiger partial charge in [-0.1, -0.05) is 27.7 Å². The number of nitrogens with zero attached hydrogens (tertiary/aromatic N) is 3. The molecule has 0 spiro atoms. The third-order valence-corrected chi connectivity index (χ3v) is 3.68. The molecule has 0 aliphatic rings. The Morgan fingerprint density at radius 2 is 1.90 bits per heavy atom. The highest BCUT2D eigenvalue weighted by atomic mass is 16.2. The predicted octanol–water partition coefficient (Wildman–Crippen LogP) is 2.60. The van der Waals surface area contributed by atoms with Crippen LogP contribution in [0.1, 0.15) is 56.7 Å². The third-order valence-electron chi connectivity index (χ3n) is 3.68. The van der Waals surface area contributed by atoms with E-state index in [0.29, 0.717) is 23.0 Å². The van der Waals surface area contributed by atoms with Gasteiger partial charge in [0.05, 0.1) is 11.4 Å². The van der Waals surface area contributed by atoms with Crippen LogP contribution >= 0.6 is 0 Å². The van der Waals surface area contributed by atoms with Crippen LogP contribution in [0.15, 0.2) is 0 Å². The molecule has 0 saturated heterocycles. The van der Waals surface area contributed by atoms with Crippen molar-refractivity contribution < 1.29 is 4.79 Å². The van der Waals surface area contributed by atoms with E-state index in [9.17, 15) is 4.79 Å². The number of hydrogen-bond donors (Lipinski definition) is 1. The molecule has 0 aliphatic heterocycles. The number of aryl methyl sites for hydroxylation is 2.